The number of rotatable bonds is 10. The van der Waals surface area contributed by atoms with Gasteiger partial charge in [0.2, 0.25) is 0 Å². The van der Waals surface area contributed by atoms with E-state index in [0.717, 1.165) is 44.9 Å². The number of Topliss-reactive ketones (excluding diaryl/α,β-unsaturated/α-hetero) is 1. The van der Waals surface area contributed by atoms with E-state index in [2.05, 4.69) is 11.6 Å². The smallest absolute Gasteiger partial charge is 0.343 e. The predicted molar refractivity (Wildman–Crippen MR) is 152 cm³/mol. The van der Waals surface area contributed by atoms with E-state index in [9.17, 15) is 23.1 Å². The Bertz CT molecular complexity index is 1540. The van der Waals surface area contributed by atoms with E-state index in [1.165, 1.54) is 12.1 Å². The van der Waals surface area contributed by atoms with Crippen molar-refractivity contribution in [2.75, 3.05) is 11.3 Å². The van der Waals surface area contributed by atoms with Crippen molar-refractivity contribution >= 4 is 21.5 Å². The lowest BCUT2D eigenvalue weighted by Crippen LogP contribution is -2.21. The molecule has 2 aliphatic rings. The van der Waals surface area contributed by atoms with Crippen LogP contribution in [-0.2, 0) is 16.4 Å². The van der Waals surface area contributed by atoms with Gasteiger partial charge in [0.05, 0.1) is 22.6 Å². The van der Waals surface area contributed by atoms with E-state index in [1.807, 2.05) is 0 Å². The van der Waals surface area contributed by atoms with Crippen LogP contribution in [0.4, 0.5) is 5.69 Å². The molecule has 212 valence electrons. The molecule has 1 fully saturated rings. The topological polar surface area (TPSA) is 123 Å². The zero-order valence-corrected chi connectivity index (χ0v) is 23.5. The van der Waals surface area contributed by atoms with Crippen molar-refractivity contribution in [3.63, 3.8) is 0 Å². The Morgan fingerprint density at radius 3 is 2.52 bits per heavy atom. The third-order valence-electron chi connectivity index (χ3n) is 7.60. The van der Waals surface area contributed by atoms with Gasteiger partial charge in [0.1, 0.15) is 17.3 Å². The standard InChI is InChI=1S/C31H35NO7S/c1-2-3-18-38-23-14-16-24(17-15-23)40(36,37)32-22-9-7-8-21(19-22)27(20-12-13-20)29-30(34)28-25(33)10-5-4-6-11-26(28)39-31(29)35/h7-9,14-17,19-20,27,32,34H,2-6,10-13,18H2,1H3. The van der Waals surface area contributed by atoms with Crippen LogP contribution in [0.15, 0.2) is 62.6 Å². The molecule has 3 aromatic rings. The molecule has 0 radical (unpaired) electrons. The highest BCUT2D eigenvalue weighted by Gasteiger charge is 2.39. The summed E-state index contributed by atoms with van der Waals surface area (Å²) in [5.74, 6) is -0.0901. The summed E-state index contributed by atoms with van der Waals surface area (Å²) in [6.45, 7) is 2.64. The molecule has 9 heteroatoms. The Labute approximate surface area is 234 Å². The van der Waals surface area contributed by atoms with Gasteiger partial charge in [0, 0.05) is 24.4 Å². The molecule has 0 saturated heterocycles. The molecule has 1 aromatic heterocycles. The lowest BCUT2D eigenvalue weighted by molar-refractivity contribution is 0.0968. The number of benzene rings is 2. The number of aromatic hydroxyl groups is 1. The summed E-state index contributed by atoms with van der Waals surface area (Å²) in [6, 6.07) is 13.1. The van der Waals surface area contributed by atoms with Gasteiger partial charge in [0.25, 0.3) is 10.0 Å². The molecule has 2 aromatic carbocycles. The minimum absolute atomic E-state index is 0.0719. The second kappa shape index (κ2) is 11.9. The molecule has 0 spiro atoms. The molecule has 40 heavy (non-hydrogen) atoms. The Hall–Kier alpha value is -3.59. The average molecular weight is 566 g/mol. The van der Waals surface area contributed by atoms with Crippen molar-refractivity contribution < 1.29 is 27.5 Å². The number of anilines is 1. The summed E-state index contributed by atoms with van der Waals surface area (Å²) in [5.41, 5.74) is 0.558. The van der Waals surface area contributed by atoms with Crippen molar-refractivity contribution in [2.45, 2.75) is 75.5 Å². The van der Waals surface area contributed by atoms with Gasteiger partial charge in [0.15, 0.2) is 5.78 Å². The Morgan fingerprint density at radius 1 is 1.05 bits per heavy atom. The van der Waals surface area contributed by atoms with Gasteiger partial charge in [-0.3, -0.25) is 9.52 Å². The number of sulfonamides is 1. The van der Waals surface area contributed by atoms with Gasteiger partial charge in [-0.1, -0.05) is 31.9 Å². The number of ketones is 1. The fraction of sp³-hybridized carbons (Fsp3) is 0.419. The third-order valence-corrected chi connectivity index (χ3v) is 8.99. The van der Waals surface area contributed by atoms with Gasteiger partial charge in [-0.15, -0.1) is 0 Å². The van der Waals surface area contributed by atoms with E-state index in [1.54, 1.807) is 36.4 Å². The van der Waals surface area contributed by atoms with Crippen LogP contribution in [0.25, 0.3) is 0 Å². The Morgan fingerprint density at radius 2 is 1.80 bits per heavy atom. The van der Waals surface area contributed by atoms with Crippen LogP contribution in [0.2, 0.25) is 0 Å². The predicted octanol–water partition coefficient (Wildman–Crippen LogP) is 6.17. The second-order valence-electron chi connectivity index (χ2n) is 10.7. The molecule has 2 N–H and O–H groups in total. The number of unbranched alkanes of at least 4 members (excludes halogenated alkanes) is 1. The highest BCUT2D eigenvalue weighted by molar-refractivity contribution is 7.92. The first-order chi connectivity index (χ1) is 19.3. The third kappa shape index (κ3) is 6.09. The summed E-state index contributed by atoms with van der Waals surface area (Å²) in [7, 11) is -3.89. The highest BCUT2D eigenvalue weighted by Crippen LogP contribution is 2.49. The van der Waals surface area contributed by atoms with E-state index in [-0.39, 0.29) is 39.2 Å². The summed E-state index contributed by atoms with van der Waals surface area (Å²) in [5, 5.41) is 11.3. The van der Waals surface area contributed by atoms with Crippen LogP contribution >= 0.6 is 0 Å². The molecular formula is C31H35NO7S. The summed E-state index contributed by atoms with van der Waals surface area (Å²) in [4.78, 5) is 26.2. The molecule has 1 heterocycles. The van der Waals surface area contributed by atoms with Gasteiger partial charge in [-0.25, -0.2) is 13.2 Å². The van der Waals surface area contributed by atoms with Crippen LogP contribution in [-0.4, -0.2) is 25.9 Å². The summed E-state index contributed by atoms with van der Waals surface area (Å²) >= 11 is 0. The molecular weight excluding hydrogens is 530 g/mol. The Balaban J connectivity index is 1.44. The molecule has 0 bridgehead atoms. The maximum atomic E-state index is 13.2. The van der Waals surface area contributed by atoms with Gasteiger partial charge >= 0.3 is 5.63 Å². The average Bonchev–Trinajstić information content (AvgIpc) is 3.75. The lowest BCUT2D eigenvalue weighted by Gasteiger charge is -2.21. The van der Waals surface area contributed by atoms with Crippen LogP contribution in [0.5, 0.6) is 11.5 Å². The first kappa shape index (κ1) is 28.0. The fourth-order valence-corrected chi connectivity index (χ4v) is 6.40. The van der Waals surface area contributed by atoms with E-state index in [0.29, 0.717) is 36.4 Å². The van der Waals surface area contributed by atoms with Gasteiger partial charge < -0.3 is 14.3 Å². The van der Waals surface area contributed by atoms with Crippen molar-refractivity contribution in [1.29, 1.82) is 0 Å². The van der Waals surface area contributed by atoms with E-state index >= 15 is 0 Å². The second-order valence-corrected chi connectivity index (χ2v) is 12.3. The zero-order valence-electron chi connectivity index (χ0n) is 22.6. The lowest BCUT2D eigenvalue weighted by atomic mass is 9.85. The number of hydrogen-bond acceptors (Lipinski definition) is 7. The molecule has 1 atom stereocenters. The zero-order chi connectivity index (χ0) is 28.3. The maximum Gasteiger partial charge on any atom is 0.343 e. The summed E-state index contributed by atoms with van der Waals surface area (Å²) in [6.07, 6.45) is 6.72. The summed E-state index contributed by atoms with van der Waals surface area (Å²) < 4.78 is 40.2. The number of carbonyl (C=O) groups is 1. The molecule has 5 rings (SSSR count). The molecule has 8 nitrogen and oxygen atoms in total. The van der Waals surface area contributed by atoms with E-state index < -0.39 is 21.6 Å². The van der Waals surface area contributed by atoms with Crippen LogP contribution in [0.1, 0.15) is 91.5 Å². The van der Waals surface area contributed by atoms with Gasteiger partial charge in [-0.2, -0.15) is 0 Å². The molecule has 1 saturated carbocycles. The van der Waals surface area contributed by atoms with E-state index in [4.69, 9.17) is 9.15 Å². The maximum absolute atomic E-state index is 13.2. The van der Waals surface area contributed by atoms with Crippen molar-refractivity contribution in [3.8, 4) is 11.5 Å². The number of hydrogen-bond donors (Lipinski definition) is 2. The SMILES string of the molecule is CCCCOc1ccc(S(=O)(=O)Nc2cccc(C(c3c(O)c4c(oc3=O)CCCCCC4=O)C3CC3)c2)cc1. The molecule has 2 aliphatic carbocycles. The number of carbonyl (C=O) groups excluding carboxylic acids is 1. The largest absolute Gasteiger partial charge is 0.506 e. The minimum Gasteiger partial charge on any atom is -0.506 e. The highest BCUT2D eigenvalue weighted by atomic mass is 32.2. The first-order valence-electron chi connectivity index (χ1n) is 14.1. The normalized spacial score (nSPS) is 16.5. The van der Waals surface area contributed by atoms with Gasteiger partial charge in [-0.05, 0) is 80.0 Å². The monoisotopic (exact) mass is 565 g/mol. The number of ether oxygens (including phenoxy) is 1. The first-order valence-corrected chi connectivity index (χ1v) is 15.5. The quantitative estimate of drug-likeness (QED) is 0.282. The fourth-order valence-electron chi connectivity index (χ4n) is 5.36. The number of aryl methyl sites for hydroxylation is 1. The number of nitrogens with one attached hydrogen (secondary N) is 1. The van der Waals surface area contributed by atoms with Crippen molar-refractivity contribution in [1.82, 2.24) is 0 Å². The minimum atomic E-state index is -3.89. The van der Waals surface area contributed by atoms with Crippen LogP contribution in [0.3, 0.4) is 0 Å². The van der Waals surface area contributed by atoms with Crippen LogP contribution < -0.4 is 15.1 Å². The molecule has 0 amide bonds. The molecule has 0 aliphatic heterocycles. The van der Waals surface area contributed by atoms with Crippen molar-refractivity contribution in [2.24, 2.45) is 5.92 Å². The Kier molecular flexibility index (Phi) is 8.30. The van der Waals surface area contributed by atoms with Crippen molar-refractivity contribution in [3.05, 3.63) is 81.4 Å². The molecule has 1 unspecified atom stereocenters. The van der Waals surface area contributed by atoms with Crippen LogP contribution in [0, 0.1) is 5.92 Å². The number of fused-ring (bicyclic) bond motifs is 1.